The Balaban J connectivity index is 4.47. The van der Waals surface area contributed by atoms with Gasteiger partial charge in [0, 0.05) is 28.7 Å². The number of carbonyl (C=O) groups is 4. The molecule has 0 aliphatic rings. The van der Waals surface area contributed by atoms with Gasteiger partial charge >= 0.3 is 11.9 Å². The lowest BCUT2D eigenvalue weighted by atomic mass is 10.1. The van der Waals surface area contributed by atoms with Gasteiger partial charge in [0.05, 0.1) is 6.61 Å². The number of carbonyl (C=O) groups excluding carboxylic acids is 3. The molecule has 0 aliphatic carbocycles. The zero-order valence-corrected chi connectivity index (χ0v) is 13.8. The Labute approximate surface area is 142 Å². The van der Waals surface area contributed by atoms with Crippen LogP contribution in [0.2, 0.25) is 0 Å². The molecule has 2 atom stereocenters. The molecule has 0 saturated heterocycles. The minimum atomic E-state index is -1.25. The third kappa shape index (κ3) is 9.74. The van der Waals surface area contributed by atoms with Crippen molar-refractivity contribution in [2.24, 2.45) is 10.3 Å². The molecule has 0 rings (SSSR count). The van der Waals surface area contributed by atoms with Crippen LogP contribution in [-0.2, 0) is 23.9 Å². The SMILES string of the molecule is CCOC(=O)C(N)CCC(=O)NC(CSN=O)C(=O)NCC(=O)O. The van der Waals surface area contributed by atoms with Crippen LogP contribution in [0.4, 0.5) is 0 Å². The fourth-order valence-corrected chi connectivity index (χ4v) is 1.94. The van der Waals surface area contributed by atoms with Gasteiger partial charge in [0.15, 0.2) is 0 Å². The number of nitrogens with two attached hydrogens (primary N) is 1. The van der Waals surface area contributed by atoms with Gasteiger partial charge in [-0.2, -0.15) is 0 Å². The molecule has 24 heavy (non-hydrogen) atoms. The molecular weight excluding hydrogens is 344 g/mol. The van der Waals surface area contributed by atoms with Gasteiger partial charge < -0.3 is 26.2 Å². The zero-order chi connectivity index (χ0) is 18.5. The molecular formula is C12H20N4O7S. The second kappa shape index (κ2) is 12.2. The first-order valence-corrected chi connectivity index (χ1v) is 7.91. The van der Waals surface area contributed by atoms with Crippen molar-refractivity contribution in [2.75, 3.05) is 18.9 Å². The maximum Gasteiger partial charge on any atom is 0.322 e. The van der Waals surface area contributed by atoms with E-state index >= 15 is 0 Å². The summed E-state index contributed by atoms with van der Waals surface area (Å²) in [6, 6.07) is -2.11. The van der Waals surface area contributed by atoms with Crippen molar-refractivity contribution in [1.29, 1.82) is 0 Å². The van der Waals surface area contributed by atoms with E-state index in [2.05, 4.69) is 15.2 Å². The standard InChI is InChI=1S/C12H20N4O7S/c1-2-23-12(21)7(13)3-4-9(17)15-8(6-24-16-22)11(20)14-5-10(18)19/h7-8H,2-6,13H2,1H3,(H,14,20)(H,15,17)(H,18,19). The molecule has 0 bridgehead atoms. The monoisotopic (exact) mass is 364 g/mol. The summed E-state index contributed by atoms with van der Waals surface area (Å²) in [6.45, 7) is 1.16. The first-order chi connectivity index (χ1) is 11.3. The number of amides is 2. The molecule has 12 heteroatoms. The van der Waals surface area contributed by atoms with Crippen LogP contribution < -0.4 is 16.4 Å². The maximum atomic E-state index is 11.8. The van der Waals surface area contributed by atoms with E-state index in [1.165, 1.54) is 0 Å². The third-order valence-electron chi connectivity index (χ3n) is 2.63. The summed E-state index contributed by atoms with van der Waals surface area (Å²) in [6.07, 6.45) is -0.144. The number of carboxylic acid groups (broad SMARTS) is 1. The van der Waals surface area contributed by atoms with E-state index in [0.29, 0.717) is 11.9 Å². The van der Waals surface area contributed by atoms with Crippen molar-refractivity contribution in [1.82, 2.24) is 10.6 Å². The van der Waals surface area contributed by atoms with E-state index in [0.717, 1.165) is 0 Å². The highest BCUT2D eigenvalue weighted by Crippen LogP contribution is 2.05. The highest BCUT2D eigenvalue weighted by atomic mass is 32.2. The molecule has 0 aliphatic heterocycles. The van der Waals surface area contributed by atoms with E-state index < -0.39 is 42.4 Å². The summed E-state index contributed by atoms with van der Waals surface area (Å²) in [4.78, 5) is 55.5. The lowest BCUT2D eigenvalue weighted by Gasteiger charge is -2.17. The molecule has 2 amide bonds. The van der Waals surface area contributed by atoms with Gasteiger partial charge in [-0.1, -0.05) is 0 Å². The van der Waals surface area contributed by atoms with Gasteiger partial charge in [0.25, 0.3) is 0 Å². The average molecular weight is 364 g/mol. The highest BCUT2D eigenvalue weighted by Gasteiger charge is 2.23. The van der Waals surface area contributed by atoms with Crippen LogP contribution in [-0.4, -0.2) is 59.8 Å². The number of aliphatic carboxylic acids is 1. The van der Waals surface area contributed by atoms with Crippen molar-refractivity contribution in [3.05, 3.63) is 4.91 Å². The molecule has 0 heterocycles. The van der Waals surface area contributed by atoms with E-state index in [1.807, 2.05) is 0 Å². The molecule has 2 unspecified atom stereocenters. The lowest BCUT2D eigenvalue weighted by Crippen LogP contribution is -2.49. The quantitative estimate of drug-likeness (QED) is 0.187. The van der Waals surface area contributed by atoms with E-state index in [1.54, 1.807) is 6.92 Å². The molecule has 136 valence electrons. The van der Waals surface area contributed by atoms with Gasteiger partial charge in [-0.25, -0.2) is 0 Å². The van der Waals surface area contributed by atoms with E-state index in [-0.39, 0.29) is 25.2 Å². The molecule has 5 N–H and O–H groups in total. The number of nitrogens with zero attached hydrogens (tertiary/aromatic N) is 1. The molecule has 0 spiro atoms. The summed E-state index contributed by atoms with van der Waals surface area (Å²) in [5.41, 5.74) is 5.54. The summed E-state index contributed by atoms with van der Waals surface area (Å²) in [5.74, 6) is -3.41. The van der Waals surface area contributed by atoms with E-state index in [9.17, 15) is 24.1 Å². The Hall–Kier alpha value is -2.21. The molecule has 0 aromatic carbocycles. The Morgan fingerprint density at radius 1 is 1.33 bits per heavy atom. The van der Waals surface area contributed by atoms with Gasteiger partial charge in [-0.05, 0) is 13.3 Å². The Kier molecular flexibility index (Phi) is 11.1. The molecule has 0 aromatic rings. The number of hydrogen-bond donors (Lipinski definition) is 4. The fraction of sp³-hybridized carbons (Fsp3) is 0.667. The van der Waals surface area contributed by atoms with Gasteiger partial charge in [0.2, 0.25) is 11.8 Å². The predicted molar refractivity (Wildman–Crippen MR) is 84.7 cm³/mol. The number of hydrogen-bond acceptors (Lipinski definition) is 9. The van der Waals surface area contributed by atoms with Crippen LogP contribution in [0.25, 0.3) is 0 Å². The molecule has 0 aromatic heterocycles. The number of rotatable bonds is 12. The first kappa shape index (κ1) is 21.8. The first-order valence-electron chi connectivity index (χ1n) is 6.97. The average Bonchev–Trinajstić information content (AvgIpc) is 2.54. The number of ether oxygens (including phenoxy) is 1. The van der Waals surface area contributed by atoms with E-state index in [4.69, 9.17) is 15.6 Å². The van der Waals surface area contributed by atoms with Gasteiger partial charge in [0.1, 0.15) is 18.6 Å². The van der Waals surface area contributed by atoms with Crippen LogP contribution in [0.15, 0.2) is 4.58 Å². The van der Waals surface area contributed by atoms with Crippen molar-refractivity contribution in [3.8, 4) is 0 Å². The molecule has 11 nitrogen and oxygen atoms in total. The molecule has 0 fully saturated rings. The second-order valence-electron chi connectivity index (χ2n) is 4.50. The minimum Gasteiger partial charge on any atom is -0.480 e. The number of nitroso groups, excluding NO2 is 1. The lowest BCUT2D eigenvalue weighted by molar-refractivity contribution is -0.145. The molecule has 0 radical (unpaired) electrons. The van der Waals surface area contributed by atoms with Crippen molar-refractivity contribution >= 4 is 35.7 Å². The highest BCUT2D eigenvalue weighted by molar-refractivity contribution is 7.97. The Bertz CT molecular complexity index is 474. The summed E-state index contributed by atoms with van der Waals surface area (Å²) in [5, 5.41) is 12.9. The van der Waals surface area contributed by atoms with Gasteiger partial charge in [-0.15, -0.1) is 4.91 Å². The summed E-state index contributed by atoms with van der Waals surface area (Å²) in [7, 11) is 0. The minimum absolute atomic E-state index is 0.00715. The normalized spacial score (nSPS) is 12.6. The zero-order valence-electron chi connectivity index (χ0n) is 13.0. The summed E-state index contributed by atoms with van der Waals surface area (Å²) >= 11 is 0.504. The fourth-order valence-electron chi connectivity index (χ4n) is 1.49. The number of carboxylic acids is 1. The van der Waals surface area contributed by atoms with Crippen LogP contribution in [0.3, 0.4) is 0 Å². The van der Waals surface area contributed by atoms with Gasteiger partial charge in [-0.3, -0.25) is 19.2 Å². The van der Waals surface area contributed by atoms with Crippen molar-refractivity contribution < 1.29 is 29.0 Å². The van der Waals surface area contributed by atoms with Crippen LogP contribution in [0.1, 0.15) is 19.8 Å². The van der Waals surface area contributed by atoms with Crippen LogP contribution in [0, 0.1) is 4.91 Å². The smallest absolute Gasteiger partial charge is 0.322 e. The maximum absolute atomic E-state index is 11.8. The predicted octanol–water partition coefficient (Wildman–Crippen LogP) is -1.24. The summed E-state index contributed by atoms with van der Waals surface area (Å²) < 4.78 is 7.21. The second-order valence-corrected chi connectivity index (χ2v) is 5.24. The Morgan fingerprint density at radius 3 is 2.54 bits per heavy atom. The van der Waals surface area contributed by atoms with Crippen molar-refractivity contribution in [2.45, 2.75) is 31.8 Å². The van der Waals surface area contributed by atoms with Crippen LogP contribution >= 0.6 is 11.9 Å². The largest absolute Gasteiger partial charge is 0.480 e. The number of nitrogens with one attached hydrogen (secondary N) is 2. The topological polar surface area (TPSA) is 177 Å². The number of esters is 1. The van der Waals surface area contributed by atoms with Crippen molar-refractivity contribution in [3.63, 3.8) is 0 Å². The Morgan fingerprint density at radius 2 is 2.00 bits per heavy atom. The molecule has 0 saturated carbocycles. The van der Waals surface area contributed by atoms with Crippen LogP contribution in [0.5, 0.6) is 0 Å². The third-order valence-corrected chi connectivity index (χ3v) is 3.22.